The highest BCUT2D eigenvalue weighted by Crippen LogP contribution is 2.30. The third-order valence-corrected chi connectivity index (χ3v) is 7.01. The number of unbranched alkanes of at least 4 members (excludes halogenated alkanes) is 7. The number of hydrogen-bond donors (Lipinski definition) is 0. The van der Waals surface area contributed by atoms with Gasteiger partial charge in [0.05, 0.1) is 5.92 Å². The van der Waals surface area contributed by atoms with Gasteiger partial charge in [0.1, 0.15) is 5.75 Å². The summed E-state index contributed by atoms with van der Waals surface area (Å²) in [6.07, 6.45) is 23.7. The maximum absolute atomic E-state index is 12.7. The first kappa shape index (κ1) is 29.6. The number of terminal acetylenes is 1. The van der Waals surface area contributed by atoms with Crippen LogP contribution in [0.3, 0.4) is 0 Å². The third-order valence-electron chi connectivity index (χ3n) is 7.01. The molecule has 1 aliphatic carbocycles. The number of rotatable bonds is 12. The van der Waals surface area contributed by atoms with E-state index in [-0.39, 0.29) is 17.8 Å². The van der Waals surface area contributed by atoms with Crippen LogP contribution in [-0.4, -0.2) is 15.9 Å². The average molecular weight is 519 g/mol. The van der Waals surface area contributed by atoms with Gasteiger partial charge < -0.3 is 4.74 Å². The van der Waals surface area contributed by atoms with E-state index in [0.717, 1.165) is 37.7 Å². The van der Waals surface area contributed by atoms with Gasteiger partial charge in [-0.2, -0.15) is 0 Å². The van der Waals surface area contributed by atoms with E-state index in [9.17, 15) is 4.79 Å². The van der Waals surface area contributed by atoms with Gasteiger partial charge in [0.25, 0.3) is 0 Å². The molecule has 200 valence electrons. The van der Waals surface area contributed by atoms with E-state index in [0.29, 0.717) is 11.6 Å². The van der Waals surface area contributed by atoms with Crippen molar-refractivity contribution in [3.63, 3.8) is 0 Å². The molecule has 0 radical (unpaired) electrons. The summed E-state index contributed by atoms with van der Waals surface area (Å²) in [7, 11) is 0. The number of nitrogens with zero attached hydrogens (tertiary/aromatic N) is 2. The molecule has 0 aliphatic heterocycles. The van der Waals surface area contributed by atoms with Gasteiger partial charge in [-0.25, -0.2) is 9.97 Å². The molecule has 0 unspecified atom stereocenters. The molecule has 0 amide bonds. The van der Waals surface area contributed by atoms with Crippen LogP contribution in [0.25, 0.3) is 11.4 Å². The molecule has 0 saturated heterocycles. The smallest absolute Gasteiger partial charge is 0.314 e. The van der Waals surface area contributed by atoms with Crippen molar-refractivity contribution in [1.82, 2.24) is 9.97 Å². The lowest BCUT2D eigenvalue weighted by Gasteiger charge is -2.23. The number of carbonyl (C=O) groups excluding carboxylic acids is 1. The van der Waals surface area contributed by atoms with Crippen LogP contribution in [0.15, 0.2) is 36.7 Å². The van der Waals surface area contributed by atoms with Crippen molar-refractivity contribution in [2.45, 2.75) is 90.4 Å². The molecule has 1 saturated carbocycles. The van der Waals surface area contributed by atoms with Gasteiger partial charge in [-0.1, -0.05) is 57.8 Å². The average Bonchev–Trinajstić information content (AvgIpc) is 2.97. The molecule has 0 spiro atoms. The summed E-state index contributed by atoms with van der Waals surface area (Å²) < 4.78 is 5.66. The molecule has 0 atom stereocenters. The fourth-order valence-corrected chi connectivity index (χ4v) is 4.71. The number of aryl methyl sites for hydroxylation is 1. The van der Waals surface area contributed by atoms with E-state index >= 15 is 0 Å². The molecule has 1 fully saturated rings. The van der Waals surface area contributed by atoms with Crippen LogP contribution in [0.4, 0.5) is 0 Å². The molecular weight excluding hydrogens is 480 g/mol. The Morgan fingerprint density at radius 1 is 0.846 bits per heavy atom. The van der Waals surface area contributed by atoms with Gasteiger partial charge in [0.15, 0.2) is 5.82 Å². The minimum atomic E-state index is -0.180. The zero-order valence-corrected chi connectivity index (χ0v) is 23.1. The quantitative estimate of drug-likeness (QED) is 0.129. The summed E-state index contributed by atoms with van der Waals surface area (Å²) in [6, 6.07) is 7.42. The number of hydrogen-bond acceptors (Lipinski definition) is 4. The molecule has 0 N–H and O–H groups in total. The number of aromatic nitrogens is 2. The molecule has 1 aromatic carbocycles. The highest BCUT2D eigenvalue weighted by Gasteiger charge is 2.27. The van der Waals surface area contributed by atoms with Crippen molar-refractivity contribution in [2.75, 3.05) is 0 Å². The Hall–Kier alpha value is -3.99. The van der Waals surface area contributed by atoms with Crippen molar-refractivity contribution in [3.8, 4) is 65.0 Å². The Morgan fingerprint density at radius 3 is 2.13 bits per heavy atom. The maximum Gasteiger partial charge on any atom is 0.314 e. The summed E-state index contributed by atoms with van der Waals surface area (Å²) in [6.45, 7) is 2.26. The van der Waals surface area contributed by atoms with Gasteiger partial charge in [0, 0.05) is 23.9 Å². The van der Waals surface area contributed by atoms with E-state index in [1.165, 1.54) is 56.9 Å². The fourth-order valence-electron chi connectivity index (χ4n) is 4.71. The third kappa shape index (κ3) is 11.1. The lowest BCUT2D eigenvalue weighted by Crippen LogP contribution is -2.25. The molecule has 1 aromatic heterocycles. The predicted octanol–water partition coefficient (Wildman–Crippen LogP) is 7.18. The van der Waals surface area contributed by atoms with Crippen molar-refractivity contribution >= 4 is 5.97 Å². The maximum atomic E-state index is 12.7. The van der Waals surface area contributed by atoms with E-state index in [4.69, 9.17) is 11.2 Å². The molecule has 0 bridgehead atoms. The number of ether oxygens (including phenoxy) is 1. The standard InChI is InChI=1S/C35H38N2O2/c1-3-5-7-9-11-12-14-16-18-30-27-36-34(37-28-30)31-23-25-33(26-24-31)39-35(38)32-21-19-29(20-22-32)17-15-13-10-8-6-4-2/h2,23-29,32H,3,5,7,9,11-12,14,16,18-22H2,1H3. The number of esters is 1. The van der Waals surface area contributed by atoms with E-state index in [1.54, 1.807) is 0 Å². The van der Waals surface area contributed by atoms with Crippen molar-refractivity contribution in [2.24, 2.45) is 11.8 Å². The van der Waals surface area contributed by atoms with Gasteiger partial charge in [0.2, 0.25) is 0 Å². The van der Waals surface area contributed by atoms with Crippen LogP contribution >= 0.6 is 0 Å². The number of carbonyl (C=O) groups is 1. The second-order valence-corrected chi connectivity index (χ2v) is 10.0. The topological polar surface area (TPSA) is 52.1 Å². The van der Waals surface area contributed by atoms with Crippen LogP contribution < -0.4 is 4.74 Å². The Kier molecular flexibility index (Phi) is 13.3. The van der Waals surface area contributed by atoms with E-state index in [1.807, 2.05) is 36.7 Å². The first-order chi connectivity index (χ1) is 19.2. The largest absolute Gasteiger partial charge is 0.426 e. The molecule has 2 aromatic rings. The van der Waals surface area contributed by atoms with Crippen molar-refractivity contribution < 1.29 is 9.53 Å². The van der Waals surface area contributed by atoms with E-state index < -0.39 is 0 Å². The lowest BCUT2D eigenvalue weighted by molar-refractivity contribution is -0.140. The Labute approximate surface area is 234 Å². The molecule has 3 rings (SSSR count). The predicted molar refractivity (Wildman–Crippen MR) is 157 cm³/mol. The summed E-state index contributed by atoms with van der Waals surface area (Å²) in [4.78, 5) is 21.8. The monoisotopic (exact) mass is 518 g/mol. The van der Waals surface area contributed by atoms with Gasteiger partial charge >= 0.3 is 5.97 Å². The summed E-state index contributed by atoms with van der Waals surface area (Å²) >= 11 is 0. The second-order valence-electron chi connectivity index (χ2n) is 10.0. The van der Waals surface area contributed by atoms with Crippen LogP contribution in [0, 0.1) is 59.7 Å². The highest BCUT2D eigenvalue weighted by molar-refractivity contribution is 5.75. The summed E-state index contributed by atoms with van der Waals surface area (Å²) in [5.74, 6) is 19.6. The summed E-state index contributed by atoms with van der Waals surface area (Å²) in [5.41, 5.74) is 2.08. The fraction of sp³-hybridized carbons (Fsp3) is 0.457. The Morgan fingerprint density at radius 2 is 1.46 bits per heavy atom. The van der Waals surface area contributed by atoms with Crippen LogP contribution in [0.2, 0.25) is 0 Å². The first-order valence-corrected chi connectivity index (χ1v) is 14.3. The highest BCUT2D eigenvalue weighted by atomic mass is 16.5. The zero-order chi connectivity index (χ0) is 27.5. The van der Waals surface area contributed by atoms with Crippen LogP contribution in [0.1, 0.15) is 89.5 Å². The first-order valence-electron chi connectivity index (χ1n) is 14.3. The summed E-state index contributed by atoms with van der Waals surface area (Å²) in [5, 5.41) is 0. The van der Waals surface area contributed by atoms with E-state index in [2.05, 4.69) is 58.3 Å². The lowest BCUT2D eigenvalue weighted by atomic mass is 9.82. The SMILES string of the molecule is C#CC#CC#CC#CC1CCC(C(=O)Oc2ccc(-c3ncc(CCCCCCCCCC)cn3)cc2)CC1. The zero-order valence-electron chi connectivity index (χ0n) is 23.1. The molecular formula is C35H38N2O2. The van der Waals surface area contributed by atoms with Crippen LogP contribution in [0.5, 0.6) is 5.75 Å². The molecule has 1 heterocycles. The normalized spacial score (nSPS) is 15.8. The van der Waals surface area contributed by atoms with Crippen molar-refractivity contribution in [1.29, 1.82) is 0 Å². The van der Waals surface area contributed by atoms with Crippen molar-refractivity contribution in [3.05, 3.63) is 42.2 Å². The van der Waals surface area contributed by atoms with Gasteiger partial charge in [-0.15, -0.1) is 6.42 Å². The molecule has 4 nitrogen and oxygen atoms in total. The molecule has 4 heteroatoms. The van der Waals surface area contributed by atoms with Crippen LogP contribution in [-0.2, 0) is 11.2 Å². The second kappa shape index (κ2) is 17.5. The molecule has 39 heavy (non-hydrogen) atoms. The Balaban J connectivity index is 1.39. The minimum absolute atomic E-state index is 0.104. The van der Waals surface area contributed by atoms with Gasteiger partial charge in [-0.3, -0.25) is 4.79 Å². The molecule has 1 aliphatic rings. The van der Waals surface area contributed by atoms with Gasteiger partial charge in [-0.05, 0) is 104 Å². The minimum Gasteiger partial charge on any atom is -0.426 e. The Bertz CT molecular complexity index is 1260. The number of benzene rings is 1.